The normalized spacial score (nSPS) is 12.7. The summed E-state index contributed by atoms with van der Waals surface area (Å²) in [5, 5.41) is 9.21. The molecule has 0 amide bonds. The summed E-state index contributed by atoms with van der Waals surface area (Å²) in [4.78, 5) is 0. The molecule has 0 aliphatic rings. The van der Waals surface area contributed by atoms with E-state index in [4.69, 9.17) is 0 Å². The van der Waals surface area contributed by atoms with Gasteiger partial charge >= 0.3 is 93.4 Å². The summed E-state index contributed by atoms with van der Waals surface area (Å²) in [6, 6.07) is 7.69. The van der Waals surface area contributed by atoms with Gasteiger partial charge in [0.05, 0.1) is 0 Å². The van der Waals surface area contributed by atoms with Crippen LogP contribution in [0.15, 0.2) is 24.3 Å². The van der Waals surface area contributed by atoms with E-state index >= 15 is 0 Å². The first-order chi connectivity index (χ1) is 7.03. The summed E-state index contributed by atoms with van der Waals surface area (Å²) in [5.74, 6) is 0.367. The summed E-state index contributed by atoms with van der Waals surface area (Å²) in [6.45, 7) is 7.16. The molecule has 0 bridgehead atoms. The second-order valence-corrected chi connectivity index (χ2v) is 10.3. The third kappa shape index (κ3) is 4.66. The molecular formula is C13H23OP. The zero-order valence-corrected chi connectivity index (χ0v) is 11.1. The maximum absolute atomic E-state index is 9.21. The average molecular weight is 226 g/mol. The van der Waals surface area contributed by atoms with E-state index in [-0.39, 0.29) is 0 Å². The molecule has 15 heavy (non-hydrogen) atoms. The topological polar surface area (TPSA) is 20.2 Å². The van der Waals surface area contributed by atoms with Gasteiger partial charge in [-0.2, -0.15) is 0 Å². The van der Waals surface area contributed by atoms with Crippen molar-refractivity contribution in [2.45, 2.75) is 25.9 Å². The Morgan fingerprint density at radius 3 is 2.27 bits per heavy atom. The molecule has 1 rings (SSSR count). The number of unbranched alkanes of at least 4 members (excludes halogenated alkanes) is 1. The molecule has 1 N–H and O–H groups in total. The molecule has 0 unspecified atom stereocenters. The Labute approximate surface area is 93.9 Å². The van der Waals surface area contributed by atoms with Crippen molar-refractivity contribution >= 4 is 7.26 Å². The van der Waals surface area contributed by atoms with Crippen LogP contribution in [0.5, 0.6) is 5.75 Å². The number of phenolic OH excluding ortho intramolecular Hbond substituents is 1. The van der Waals surface area contributed by atoms with E-state index in [0.29, 0.717) is 5.75 Å². The van der Waals surface area contributed by atoms with E-state index in [9.17, 15) is 5.11 Å². The van der Waals surface area contributed by atoms with E-state index in [2.05, 4.69) is 32.4 Å². The van der Waals surface area contributed by atoms with Gasteiger partial charge in [0.25, 0.3) is 0 Å². The van der Waals surface area contributed by atoms with Crippen LogP contribution in [0.3, 0.4) is 0 Å². The van der Waals surface area contributed by atoms with Crippen molar-refractivity contribution in [1.82, 2.24) is 0 Å². The summed E-state index contributed by atoms with van der Waals surface area (Å²) in [7, 11) is -1.06. The second-order valence-electron chi connectivity index (χ2n) is 5.11. The van der Waals surface area contributed by atoms with Gasteiger partial charge < -0.3 is 0 Å². The minimum absolute atomic E-state index is 0.367. The van der Waals surface area contributed by atoms with Crippen LogP contribution in [0.25, 0.3) is 0 Å². The zero-order chi connectivity index (χ0) is 11.3. The van der Waals surface area contributed by atoms with Gasteiger partial charge in [0.2, 0.25) is 0 Å². The number of hydrogen-bond donors (Lipinski definition) is 1. The van der Waals surface area contributed by atoms with Crippen molar-refractivity contribution in [3.05, 3.63) is 29.8 Å². The Hall–Kier alpha value is -0.550. The predicted molar refractivity (Wildman–Crippen MR) is 71.7 cm³/mol. The van der Waals surface area contributed by atoms with Crippen LogP contribution in [0.2, 0.25) is 0 Å². The minimum atomic E-state index is -1.06. The third-order valence-corrected chi connectivity index (χ3v) is 5.90. The van der Waals surface area contributed by atoms with E-state index in [1.165, 1.54) is 30.7 Å². The Morgan fingerprint density at radius 2 is 1.73 bits per heavy atom. The molecule has 0 aliphatic carbocycles. The standard InChI is InChI=1S/C13H23OP/c1-4-5-10-15(2,3)11-12-6-8-13(14)9-7-12/h6-9,14-15H,4-5,10-11H2,1-3H3. The fraction of sp³-hybridized carbons (Fsp3) is 0.538. The number of aromatic hydroxyl groups is 1. The van der Waals surface area contributed by atoms with Crippen molar-refractivity contribution < 1.29 is 5.11 Å². The SMILES string of the molecule is CCCC[PH](C)(C)Cc1ccc(O)cc1. The Kier molecular flexibility index (Phi) is 4.60. The quantitative estimate of drug-likeness (QED) is 0.759. The molecule has 0 heterocycles. The molecule has 0 atom stereocenters. The Bertz CT molecular complexity index is 290. The summed E-state index contributed by atoms with van der Waals surface area (Å²) in [5.41, 5.74) is 1.38. The van der Waals surface area contributed by atoms with Gasteiger partial charge in [0.1, 0.15) is 0 Å². The van der Waals surface area contributed by atoms with Crippen LogP contribution in [0.1, 0.15) is 25.3 Å². The van der Waals surface area contributed by atoms with Crippen molar-refractivity contribution in [2.24, 2.45) is 0 Å². The summed E-state index contributed by atoms with van der Waals surface area (Å²) >= 11 is 0. The van der Waals surface area contributed by atoms with Crippen molar-refractivity contribution in [3.8, 4) is 5.75 Å². The number of benzene rings is 1. The average Bonchev–Trinajstić information content (AvgIpc) is 2.18. The number of hydrogen-bond acceptors (Lipinski definition) is 1. The van der Waals surface area contributed by atoms with Gasteiger partial charge in [-0.25, -0.2) is 0 Å². The molecule has 0 fully saturated rings. The summed E-state index contributed by atoms with van der Waals surface area (Å²) < 4.78 is 0. The molecule has 0 saturated carbocycles. The molecule has 1 aromatic carbocycles. The molecule has 0 aliphatic heterocycles. The maximum atomic E-state index is 9.21. The Morgan fingerprint density at radius 1 is 1.13 bits per heavy atom. The first kappa shape index (κ1) is 12.5. The van der Waals surface area contributed by atoms with Crippen LogP contribution < -0.4 is 0 Å². The first-order valence-electron chi connectivity index (χ1n) is 5.81. The van der Waals surface area contributed by atoms with Crippen LogP contribution >= 0.6 is 7.26 Å². The molecular weight excluding hydrogens is 203 g/mol. The predicted octanol–water partition coefficient (Wildman–Crippen LogP) is 3.70. The third-order valence-electron chi connectivity index (χ3n) is 2.83. The summed E-state index contributed by atoms with van der Waals surface area (Å²) in [6.07, 6.45) is 5.29. The van der Waals surface area contributed by atoms with Gasteiger partial charge in [0, 0.05) is 0 Å². The van der Waals surface area contributed by atoms with Crippen LogP contribution in [0, 0.1) is 0 Å². The molecule has 0 saturated heterocycles. The fourth-order valence-electron chi connectivity index (χ4n) is 1.91. The van der Waals surface area contributed by atoms with E-state index in [0.717, 1.165) is 0 Å². The van der Waals surface area contributed by atoms with Crippen molar-refractivity contribution in [1.29, 1.82) is 0 Å². The van der Waals surface area contributed by atoms with Gasteiger partial charge in [-0.05, 0) is 0 Å². The van der Waals surface area contributed by atoms with E-state index in [1.54, 1.807) is 12.1 Å². The molecule has 0 radical (unpaired) electrons. The van der Waals surface area contributed by atoms with Crippen molar-refractivity contribution in [3.63, 3.8) is 0 Å². The monoisotopic (exact) mass is 226 g/mol. The molecule has 0 spiro atoms. The molecule has 1 nitrogen and oxygen atoms in total. The van der Waals surface area contributed by atoms with Crippen LogP contribution in [0.4, 0.5) is 0 Å². The van der Waals surface area contributed by atoms with Gasteiger partial charge in [0.15, 0.2) is 0 Å². The van der Waals surface area contributed by atoms with E-state index in [1.807, 2.05) is 0 Å². The second kappa shape index (κ2) is 5.51. The van der Waals surface area contributed by atoms with Gasteiger partial charge in [-0.15, -0.1) is 0 Å². The van der Waals surface area contributed by atoms with Crippen LogP contribution in [-0.2, 0) is 6.16 Å². The molecule has 0 aromatic heterocycles. The zero-order valence-electron chi connectivity index (χ0n) is 10.1. The van der Waals surface area contributed by atoms with E-state index < -0.39 is 7.26 Å². The molecule has 86 valence electrons. The van der Waals surface area contributed by atoms with Gasteiger partial charge in [-0.3, -0.25) is 0 Å². The van der Waals surface area contributed by atoms with Crippen molar-refractivity contribution in [2.75, 3.05) is 19.5 Å². The first-order valence-corrected chi connectivity index (χ1v) is 9.23. The Balaban J connectivity index is 2.56. The number of phenols is 1. The fourth-order valence-corrected chi connectivity index (χ4v) is 4.74. The molecule has 2 heteroatoms. The van der Waals surface area contributed by atoms with Crippen LogP contribution in [-0.4, -0.2) is 24.6 Å². The van der Waals surface area contributed by atoms with Gasteiger partial charge in [-0.1, -0.05) is 0 Å². The number of rotatable bonds is 5. The molecule has 1 aromatic rings.